The first-order valence-electron chi connectivity index (χ1n) is 4.50. The number of benzene rings is 1. The van der Waals surface area contributed by atoms with Crippen molar-refractivity contribution in [2.45, 2.75) is 19.3 Å². The predicted molar refractivity (Wildman–Crippen MR) is 55.1 cm³/mol. The monoisotopic (exact) mass is 253 g/mol. The van der Waals surface area contributed by atoms with Gasteiger partial charge in [-0.1, -0.05) is 15.9 Å². The maximum Gasteiger partial charge on any atom is 0.126 e. The summed E-state index contributed by atoms with van der Waals surface area (Å²) in [4.78, 5) is 0. The summed E-state index contributed by atoms with van der Waals surface area (Å²) < 4.78 is 14.2. The third-order valence-corrected chi connectivity index (χ3v) is 3.12. The zero-order chi connectivity index (χ0) is 10.2. The Morgan fingerprint density at radius 3 is 2.79 bits per heavy atom. The molecule has 0 saturated heterocycles. The molecule has 0 atom stereocenters. The highest BCUT2D eigenvalue weighted by Gasteiger charge is 2.43. The molecule has 1 aliphatic carbocycles. The van der Waals surface area contributed by atoms with E-state index in [-0.39, 0.29) is 11.2 Å². The van der Waals surface area contributed by atoms with Crippen LogP contribution >= 0.6 is 15.9 Å². The quantitative estimate of drug-likeness (QED) is 0.793. The third kappa shape index (κ3) is 1.80. The van der Waals surface area contributed by atoms with Crippen molar-refractivity contribution in [3.8, 4) is 6.07 Å². The van der Waals surface area contributed by atoms with Gasteiger partial charge in [-0.3, -0.25) is 0 Å². The zero-order valence-electron chi connectivity index (χ0n) is 7.56. The Hall–Kier alpha value is -0.880. The van der Waals surface area contributed by atoms with E-state index in [1.165, 1.54) is 6.07 Å². The lowest BCUT2D eigenvalue weighted by molar-refractivity contribution is 0.577. The van der Waals surface area contributed by atoms with Gasteiger partial charge in [-0.05, 0) is 43.0 Å². The van der Waals surface area contributed by atoms with Gasteiger partial charge in [0.15, 0.2) is 0 Å². The molecule has 0 radical (unpaired) electrons. The van der Waals surface area contributed by atoms with Crippen LogP contribution in [0.4, 0.5) is 4.39 Å². The molecule has 0 unspecified atom stereocenters. The number of nitriles is 1. The van der Waals surface area contributed by atoms with Crippen molar-refractivity contribution in [2.75, 3.05) is 0 Å². The summed E-state index contributed by atoms with van der Waals surface area (Å²) in [6.07, 6.45) is 2.33. The van der Waals surface area contributed by atoms with Gasteiger partial charge < -0.3 is 0 Å². The molecule has 1 fully saturated rings. The van der Waals surface area contributed by atoms with Crippen molar-refractivity contribution < 1.29 is 4.39 Å². The maximum atomic E-state index is 13.3. The first kappa shape index (κ1) is 9.67. The van der Waals surface area contributed by atoms with Crippen molar-refractivity contribution in [3.05, 3.63) is 34.1 Å². The molecule has 72 valence electrons. The molecule has 3 heteroatoms. The maximum absolute atomic E-state index is 13.3. The standard InChI is InChI=1S/C11H9BrFN/c12-9-1-2-10(13)8(5-9)6-11(7-14)3-4-11/h1-2,5H,3-4,6H2. The SMILES string of the molecule is N#CC1(Cc2cc(Br)ccc2F)CC1. The van der Waals surface area contributed by atoms with Crippen LogP contribution < -0.4 is 0 Å². The summed E-state index contributed by atoms with van der Waals surface area (Å²) in [7, 11) is 0. The van der Waals surface area contributed by atoms with E-state index >= 15 is 0 Å². The molecule has 0 aliphatic heterocycles. The van der Waals surface area contributed by atoms with E-state index in [0.29, 0.717) is 12.0 Å². The van der Waals surface area contributed by atoms with E-state index in [2.05, 4.69) is 22.0 Å². The Kier molecular flexibility index (Phi) is 2.32. The van der Waals surface area contributed by atoms with Crippen molar-refractivity contribution >= 4 is 15.9 Å². The van der Waals surface area contributed by atoms with Gasteiger partial charge in [-0.2, -0.15) is 5.26 Å². The minimum Gasteiger partial charge on any atom is -0.207 e. The highest BCUT2D eigenvalue weighted by molar-refractivity contribution is 9.10. The van der Waals surface area contributed by atoms with Crippen molar-refractivity contribution in [3.63, 3.8) is 0 Å². The van der Waals surface area contributed by atoms with E-state index in [0.717, 1.165) is 17.3 Å². The van der Waals surface area contributed by atoms with Gasteiger partial charge in [0.25, 0.3) is 0 Å². The molecule has 0 bridgehead atoms. The molecule has 14 heavy (non-hydrogen) atoms. The average molecular weight is 254 g/mol. The topological polar surface area (TPSA) is 23.8 Å². The summed E-state index contributed by atoms with van der Waals surface area (Å²) in [5.74, 6) is -0.213. The Morgan fingerprint density at radius 2 is 2.21 bits per heavy atom. The normalized spacial score (nSPS) is 17.5. The van der Waals surface area contributed by atoms with E-state index in [1.54, 1.807) is 12.1 Å². The van der Waals surface area contributed by atoms with Gasteiger partial charge in [-0.15, -0.1) is 0 Å². The summed E-state index contributed by atoms with van der Waals surface area (Å²) in [6.45, 7) is 0. The molecule has 0 aromatic heterocycles. The summed E-state index contributed by atoms with van der Waals surface area (Å²) >= 11 is 3.30. The van der Waals surface area contributed by atoms with E-state index in [4.69, 9.17) is 5.26 Å². The van der Waals surface area contributed by atoms with Crippen molar-refractivity contribution in [1.82, 2.24) is 0 Å². The van der Waals surface area contributed by atoms with Crippen LogP contribution in [-0.4, -0.2) is 0 Å². The van der Waals surface area contributed by atoms with E-state index in [1.807, 2.05) is 0 Å². The lowest BCUT2D eigenvalue weighted by Crippen LogP contribution is -2.03. The third-order valence-electron chi connectivity index (χ3n) is 2.63. The molecule has 1 aliphatic rings. The second kappa shape index (κ2) is 3.36. The van der Waals surface area contributed by atoms with Crippen LogP contribution in [0.1, 0.15) is 18.4 Å². The fourth-order valence-electron chi connectivity index (χ4n) is 1.52. The minimum atomic E-state index is -0.276. The van der Waals surface area contributed by atoms with Gasteiger partial charge in [0.2, 0.25) is 0 Å². The van der Waals surface area contributed by atoms with Crippen LogP contribution in [0.25, 0.3) is 0 Å². The zero-order valence-corrected chi connectivity index (χ0v) is 9.14. The van der Waals surface area contributed by atoms with Gasteiger partial charge >= 0.3 is 0 Å². The lowest BCUT2D eigenvalue weighted by atomic mass is 9.98. The molecule has 1 nitrogen and oxygen atoms in total. The molecule has 1 saturated carbocycles. The number of rotatable bonds is 2. The summed E-state index contributed by atoms with van der Waals surface area (Å²) in [5.41, 5.74) is 0.361. The largest absolute Gasteiger partial charge is 0.207 e. The number of hydrogen-bond acceptors (Lipinski definition) is 1. The van der Waals surface area contributed by atoms with Gasteiger partial charge in [0, 0.05) is 4.47 Å². The highest BCUT2D eigenvalue weighted by Crippen LogP contribution is 2.48. The molecule has 0 spiro atoms. The van der Waals surface area contributed by atoms with Crippen molar-refractivity contribution in [2.24, 2.45) is 5.41 Å². The highest BCUT2D eigenvalue weighted by atomic mass is 79.9. The fraction of sp³-hybridized carbons (Fsp3) is 0.364. The second-order valence-electron chi connectivity index (χ2n) is 3.80. The van der Waals surface area contributed by atoms with Crippen LogP contribution in [0.15, 0.2) is 22.7 Å². The molecular formula is C11H9BrFN. The van der Waals surface area contributed by atoms with Gasteiger partial charge in [0.05, 0.1) is 11.5 Å². The fourth-order valence-corrected chi connectivity index (χ4v) is 1.93. The minimum absolute atomic E-state index is 0.213. The van der Waals surface area contributed by atoms with Crippen LogP contribution in [0.5, 0.6) is 0 Å². The molecule has 0 N–H and O–H groups in total. The van der Waals surface area contributed by atoms with Crippen LogP contribution in [0.2, 0.25) is 0 Å². The van der Waals surface area contributed by atoms with Gasteiger partial charge in [0.1, 0.15) is 5.82 Å². The van der Waals surface area contributed by atoms with Crippen LogP contribution in [0, 0.1) is 22.6 Å². The molecule has 0 heterocycles. The van der Waals surface area contributed by atoms with Crippen LogP contribution in [-0.2, 0) is 6.42 Å². The number of hydrogen-bond donors (Lipinski definition) is 0. The molecule has 1 aromatic carbocycles. The van der Waals surface area contributed by atoms with E-state index < -0.39 is 0 Å². The molecule has 0 amide bonds. The Morgan fingerprint density at radius 1 is 1.50 bits per heavy atom. The van der Waals surface area contributed by atoms with E-state index in [9.17, 15) is 4.39 Å². The number of nitrogens with zero attached hydrogens (tertiary/aromatic N) is 1. The second-order valence-corrected chi connectivity index (χ2v) is 4.72. The lowest BCUT2D eigenvalue weighted by Gasteiger charge is -2.07. The smallest absolute Gasteiger partial charge is 0.126 e. The molecule has 2 rings (SSSR count). The Balaban J connectivity index is 2.25. The number of halogens is 2. The molecule has 1 aromatic rings. The summed E-state index contributed by atoms with van der Waals surface area (Å²) in [6, 6.07) is 7.13. The van der Waals surface area contributed by atoms with Crippen molar-refractivity contribution in [1.29, 1.82) is 5.26 Å². The average Bonchev–Trinajstić information content (AvgIpc) is 2.92. The van der Waals surface area contributed by atoms with Crippen LogP contribution in [0.3, 0.4) is 0 Å². The molecular weight excluding hydrogens is 245 g/mol. The summed E-state index contributed by atoms with van der Waals surface area (Å²) in [5, 5.41) is 8.89. The predicted octanol–water partition coefficient (Wildman–Crippen LogP) is 3.43. The van der Waals surface area contributed by atoms with Gasteiger partial charge in [-0.25, -0.2) is 4.39 Å². The first-order chi connectivity index (χ1) is 6.65. The Bertz CT molecular complexity index is 404. The first-order valence-corrected chi connectivity index (χ1v) is 5.30. The Labute approximate surface area is 90.7 Å².